The van der Waals surface area contributed by atoms with Crippen LogP contribution in [0.4, 0.5) is 11.6 Å². The monoisotopic (exact) mass is 359 g/mol. The molecule has 2 fully saturated rings. The van der Waals surface area contributed by atoms with E-state index in [9.17, 15) is 4.79 Å². The van der Waals surface area contributed by atoms with Gasteiger partial charge in [-0.1, -0.05) is 13.3 Å². The molecule has 3 rings (SSSR count). The van der Waals surface area contributed by atoms with Gasteiger partial charge in [-0.15, -0.1) is 0 Å². The van der Waals surface area contributed by atoms with Gasteiger partial charge in [0.15, 0.2) is 0 Å². The van der Waals surface area contributed by atoms with Crippen molar-refractivity contribution in [3.05, 3.63) is 12.4 Å². The second-order valence-corrected chi connectivity index (χ2v) is 7.77. The van der Waals surface area contributed by atoms with Crippen molar-refractivity contribution in [3.8, 4) is 0 Å². The van der Waals surface area contributed by atoms with Gasteiger partial charge in [-0.25, -0.2) is 9.97 Å². The van der Waals surface area contributed by atoms with E-state index in [2.05, 4.69) is 45.0 Å². The fraction of sp³-hybridized carbons (Fsp3) is 0.750. The standard InChI is InChI=1S/C20H33N5O/c1-3-8-16(2)23-20(26)17-9-7-12-25(14-17)19-13-18(21-15-22-19)24-10-5-4-6-11-24/h13,15-17H,3-12,14H2,1-2H3,(H,23,26). The van der Waals surface area contributed by atoms with E-state index in [1.165, 1.54) is 19.3 Å². The first-order chi connectivity index (χ1) is 12.7. The van der Waals surface area contributed by atoms with E-state index in [1.54, 1.807) is 6.33 Å². The smallest absolute Gasteiger partial charge is 0.225 e. The molecule has 0 radical (unpaired) electrons. The highest BCUT2D eigenvalue weighted by Crippen LogP contribution is 2.25. The maximum Gasteiger partial charge on any atom is 0.225 e. The first-order valence-corrected chi connectivity index (χ1v) is 10.3. The summed E-state index contributed by atoms with van der Waals surface area (Å²) < 4.78 is 0. The van der Waals surface area contributed by atoms with Crippen LogP contribution < -0.4 is 15.1 Å². The number of nitrogens with one attached hydrogen (secondary N) is 1. The Hall–Kier alpha value is -1.85. The molecule has 1 N–H and O–H groups in total. The number of amides is 1. The molecule has 26 heavy (non-hydrogen) atoms. The molecule has 1 aromatic rings. The summed E-state index contributed by atoms with van der Waals surface area (Å²) in [4.78, 5) is 26.2. The van der Waals surface area contributed by atoms with Crippen LogP contribution in [0.25, 0.3) is 0 Å². The average Bonchev–Trinajstić information content (AvgIpc) is 2.69. The van der Waals surface area contributed by atoms with Crippen LogP contribution in [0, 0.1) is 5.92 Å². The summed E-state index contributed by atoms with van der Waals surface area (Å²) in [6, 6.07) is 2.36. The summed E-state index contributed by atoms with van der Waals surface area (Å²) in [5, 5.41) is 3.18. The molecule has 2 unspecified atom stereocenters. The molecule has 0 spiro atoms. The molecule has 1 amide bonds. The Morgan fingerprint density at radius 3 is 2.58 bits per heavy atom. The van der Waals surface area contributed by atoms with Gasteiger partial charge in [0.05, 0.1) is 5.92 Å². The summed E-state index contributed by atoms with van der Waals surface area (Å²) in [5.41, 5.74) is 0. The highest BCUT2D eigenvalue weighted by Gasteiger charge is 2.27. The third kappa shape index (κ3) is 4.86. The lowest BCUT2D eigenvalue weighted by molar-refractivity contribution is -0.125. The van der Waals surface area contributed by atoms with E-state index in [1.807, 2.05) is 0 Å². The first-order valence-electron chi connectivity index (χ1n) is 10.3. The van der Waals surface area contributed by atoms with Gasteiger partial charge >= 0.3 is 0 Å². The number of hydrogen-bond acceptors (Lipinski definition) is 5. The summed E-state index contributed by atoms with van der Waals surface area (Å²) in [5.74, 6) is 2.23. The van der Waals surface area contributed by atoms with Crippen LogP contribution in [0.15, 0.2) is 12.4 Å². The third-order valence-corrected chi connectivity index (χ3v) is 5.54. The zero-order valence-corrected chi connectivity index (χ0v) is 16.3. The Morgan fingerprint density at radius 2 is 1.85 bits per heavy atom. The van der Waals surface area contributed by atoms with E-state index in [4.69, 9.17) is 0 Å². The molecule has 2 aliphatic heterocycles. The Kier molecular flexibility index (Phi) is 6.69. The minimum absolute atomic E-state index is 0.0523. The molecular formula is C20H33N5O. The predicted molar refractivity (Wildman–Crippen MR) is 106 cm³/mol. The van der Waals surface area contributed by atoms with Crippen LogP contribution in [0.1, 0.15) is 58.8 Å². The van der Waals surface area contributed by atoms with Gasteiger partial charge in [-0.2, -0.15) is 0 Å². The highest BCUT2D eigenvalue weighted by molar-refractivity contribution is 5.79. The van der Waals surface area contributed by atoms with Crippen LogP contribution in [-0.2, 0) is 4.79 Å². The molecule has 2 atom stereocenters. The summed E-state index contributed by atoms with van der Waals surface area (Å²) in [7, 11) is 0. The van der Waals surface area contributed by atoms with Gasteiger partial charge in [0.2, 0.25) is 5.91 Å². The SMILES string of the molecule is CCCC(C)NC(=O)C1CCCN(c2cc(N3CCCCC3)ncn2)C1. The van der Waals surface area contributed by atoms with Gasteiger partial charge in [0.25, 0.3) is 0 Å². The lowest BCUT2D eigenvalue weighted by Gasteiger charge is -2.34. The first kappa shape index (κ1) is 18.9. The number of nitrogens with zero attached hydrogens (tertiary/aromatic N) is 4. The summed E-state index contributed by atoms with van der Waals surface area (Å²) in [6.07, 6.45) is 9.59. The third-order valence-electron chi connectivity index (χ3n) is 5.54. The van der Waals surface area contributed by atoms with E-state index in [0.717, 1.165) is 63.5 Å². The average molecular weight is 360 g/mol. The normalized spacial score (nSPS) is 22.2. The Bertz CT molecular complexity index is 587. The lowest BCUT2D eigenvalue weighted by atomic mass is 9.96. The molecule has 6 nitrogen and oxygen atoms in total. The molecular weight excluding hydrogens is 326 g/mol. The van der Waals surface area contributed by atoms with Crippen molar-refractivity contribution in [2.75, 3.05) is 36.0 Å². The number of rotatable bonds is 6. The molecule has 144 valence electrons. The zero-order chi connectivity index (χ0) is 18.4. The van der Waals surface area contributed by atoms with Gasteiger partial charge in [0, 0.05) is 38.3 Å². The largest absolute Gasteiger partial charge is 0.356 e. The van der Waals surface area contributed by atoms with Gasteiger partial charge in [0.1, 0.15) is 18.0 Å². The van der Waals surface area contributed by atoms with Gasteiger partial charge < -0.3 is 15.1 Å². The van der Waals surface area contributed by atoms with Crippen molar-refractivity contribution in [3.63, 3.8) is 0 Å². The molecule has 0 bridgehead atoms. The quantitative estimate of drug-likeness (QED) is 0.846. The maximum absolute atomic E-state index is 12.6. The number of hydrogen-bond donors (Lipinski definition) is 1. The highest BCUT2D eigenvalue weighted by atomic mass is 16.2. The molecule has 0 aromatic carbocycles. The molecule has 0 saturated carbocycles. The van der Waals surface area contributed by atoms with Crippen molar-refractivity contribution in [1.82, 2.24) is 15.3 Å². The number of anilines is 2. The summed E-state index contributed by atoms with van der Waals surface area (Å²) in [6.45, 7) is 8.12. The van der Waals surface area contributed by atoms with Crippen molar-refractivity contribution in [2.45, 2.75) is 64.8 Å². The summed E-state index contributed by atoms with van der Waals surface area (Å²) >= 11 is 0. The Morgan fingerprint density at radius 1 is 1.15 bits per heavy atom. The second-order valence-electron chi connectivity index (χ2n) is 7.77. The van der Waals surface area contributed by atoms with E-state index in [0.29, 0.717) is 0 Å². The van der Waals surface area contributed by atoms with E-state index < -0.39 is 0 Å². The minimum Gasteiger partial charge on any atom is -0.356 e. The van der Waals surface area contributed by atoms with Crippen LogP contribution >= 0.6 is 0 Å². The fourth-order valence-corrected chi connectivity index (χ4v) is 4.07. The number of piperidine rings is 2. The molecule has 1 aromatic heterocycles. The van der Waals surface area contributed by atoms with Crippen molar-refractivity contribution in [1.29, 1.82) is 0 Å². The second kappa shape index (κ2) is 9.19. The minimum atomic E-state index is 0.0523. The number of aromatic nitrogens is 2. The molecule has 3 heterocycles. The topological polar surface area (TPSA) is 61.4 Å². The molecule has 2 aliphatic rings. The lowest BCUT2D eigenvalue weighted by Crippen LogP contribution is -2.45. The predicted octanol–water partition coefficient (Wildman–Crippen LogP) is 2.99. The molecule has 0 aliphatic carbocycles. The van der Waals surface area contributed by atoms with Crippen LogP contribution in [0.5, 0.6) is 0 Å². The zero-order valence-electron chi connectivity index (χ0n) is 16.3. The van der Waals surface area contributed by atoms with Gasteiger partial charge in [-0.05, 0) is 45.4 Å². The van der Waals surface area contributed by atoms with Crippen molar-refractivity contribution >= 4 is 17.5 Å². The van der Waals surface area contributed by atoms with Crippen LogP contribution in [0.3, 0.4) is 0 Å². The number of carbonyl (C=O) groups is 1. The molecule has 6 heteroatoms. The maximum atomic E-state index is 12.6. The van der Waals surface area contributed by atoms with E-state index >= 15 is 0 Å². The fourth-order valence-electron chi connectivity index (χ4n) is 4.07. The Labute approximate surface area is 157 Å². The Balaban J connectivity index is 1.63. The van der Waals surface area contributed by atoms with Gasteiger partial charge in [-0.3, -0.25) is 4.79 Å². The van der Waals surface area contributed by atoms with Crippen molar-refractivity contribution in [2.24, 2.45) is 5.92 Å². The van der Waals surface area contributed by atoms with Crippen LogP contribution in [0.2, 0.25) is 0 Å². The van der Waals surface area contributed by atoms with E-state index in [-0.39, 0.29) is 17.9 Å². The number of carbonyl (C=O) groups excluding carboxylic acids is 1. The molecule has 2 saturated heterocycles. The van der Waals surface area contributed by atoms with Crippen LogP contribution in [-0.4, -0.2) is 48.1 Å². The van der Waals surface area contributed by atoms with Crippen molar-refractivity contribution < 1.29 is 4.79 Å².